The second-order valence-corrected chi connectivity index (χ2v) is 4.96. The highest BCUT2D eigenvalue weighted by Crippen LogP contribution is 2.29. The molecular formula is C16H15ClF2. The summed E-state index contributed by atoms with van der Waals surface area (Å²) in [6.07, 6.45) is 2.12. The SMILES string of the molecule is CCCc1ccc(C(Cl)c2ccc(F)c(F)c2)cc1. The maximum absolute atomic E-state index is 13.2. The van der Waals surface area contributed by atoms with Crippen molar-refractivity contribution in [1.29, 1.82) is 0 Å². The van der Waals surface area contributed by atoms with Crippen LogP contribution in [0.3, 0.4) is 0 Å². The van der Waals surface area contributed by atoms with E-state index < -0.39 is 17.0 Å². The number of halogens is 3. The largest absolute Gasteiger partial charge is 0.204 e. The van der Waals surface area contributed by atoms with Crippen LogP contribution in [0.2, 0.25) is 0 Å². The molecule has 1 atom stereocenters. The zero-order chi connectivity index (χ0) is 13.8. The average molecular weight is 281 g/mol. The first-order chi connectivity index (χ1) is 9.11. The van der Waals surface area contributed by atoms with Crippen LogP contribution < -0.4 is 0 Å². The van der Waals surface area contributed by atoms with Gasteiger partial charge in [-0.2, -0.15) is 0 Å². The quantitative estimate of drug-likeness (QED) is 0.671. The summed E-state index contributed by atoms with van der Waals surface area (Å²) >= 11 is 6.30. The Hall–Kier alpha value is -1.41. The van der Waals surface area contributed by atoms with Crippen LogP contribution in [0.1, 0.15) is 35.4 Å². The Bertz CT molecular complexity index is 549. The molecule has 0 radical (unpaired) electrons. The standard InChI is InChI=1S/C16H15ClF2/c1-2-3-11-4-6-12(7-5-11)16(17)13-8-9-14(18)15(19)10-13/h4-10,16H,2-3H2,1H3. The first-order valence-corrected chi connectivity index (χ1v) is 6.73. The van der Waals surface area contributed by atoms with E-state index in [2.05, 4.69) is 6.92 Å². The van der Waals surface area contributed by atoms with Crippen LogP contribution in [-0.4, -0.2) is 0 Å². The summed E-state index contributed by atoms with van der Waals surface area (Å²) in [5.41, 5.74) is 2.69. The summed E-state index contributed by atoms with van der Waals surface area (Å²) in [6, 6.07) is 11.7. The van der Waals surface area contributed by atoms with Crippen molar-refractivity contribution < 1.29 is 8.78 Å². The van der Waals surface area contributed by atoms with E-state index in [1.807, 2.05) is 24.3 Å². The zero-order valence-corrected chi connectivity index (χ0v) is 11.4. The van der Waals surface area contributed by atoms with Gasteiger partial charge in [-0.3, -0.25) is 0 Å². The Morgan fingerprint density at radius 2 is 1.58 bits per heavy atom. The van der Waals surface area contributed by atoms with Crippen molar-refractivity contribution in [2.45, 2.75) is 25.1 Å². The Kier molecular flexibility index (Phi) is 4.54. The van der Waals surface area contributed by atoms with Gasteiger partial charge in [0, 0.05) is 0 Å². The molecule has 19 heavy (non-hydrogen) atoms. The van der Waals surface area contributed by atoms with Crippen LogP contribution in [0.5, 0.6) is 0 Å². The Morgan fingerprint density at radius 3 is 2.16 bits per heavy atom. The Labute approximate surface area is 117 Å². The number of hydrogen-bond donors (Lipinski definition) is 0. The van der Waals surface area contributed by atoms with Gasteiger partial charge in [-0.1, -0.05) is 43.7 Å². The van der Waals surface area contributed by atoms with E-state index in [1.165, 1.54) is 11.6 Å². The fourth-order valence-electron chi connectivity index (χ4n) is 2.00. The molecule has 0 aliphatic heterocycles. The third kappa shape index (κ3) is 3.32. The maximum atomic E-state index is 13.2. The minimum Gasteiger partial charge on any atom is -0.204 e. The summed E-state index contributed by atoms with van der Waals surface area (Å²) in [5.74, 6) is -1.73. The lowest BCUT2D eigenvalue weighted by Crippen LogP contribution is -1.96. The predicted octanol–water partition coefficient (Wildman–Crippen LogP) is 5.25. The Balaban J connectivity index is 2.22. The zero-order valence-electron chi connectivity index (χ0n) is 10.7. The summed E-state index contributed by atoms with van der Waals surface area (Å²) in [5, 5.41) is -0.467. The molecule has 0 fully saturated rings. The van der Waals surface area contributed by atoms with E-state index in [-0.39, 0.29) is 0 Å². The van der Waals surface area contributed by atoms with Gasteiger partial charge in [0.05, 0.1) is 5.38 Å². The topological polar surface area (TPSA) is 0 Å². The highest BCUT2D eigenvalue weighted by atomic mass is 35.5. The first-order valence-electron chi connectivity index (χ1n) is 6.29. The van der Waals surface area contributed by atoms with Crippen LogP contribution in [0.15, 0.2) is 42.5 Å². The lowest BCUT2D eigenvalue weighted by molar-refractivity contribution is 0.507. The highest BCUT2D eigenvalue weighted by Gasteiger charge is 2.13. The molecule has 2 aromatic carbocycles. The Morgan fingerprint density at radius 1 is 0.947 bits per heavy atom. The van der Waals surface area contributed by atoms with Gasteiger partial charge in [0.2, 0.25) is 0 Å². The van der Waals surface area contributed by atoms with E-state index in [0.29, 0.717) is 5.56 Å². The molecule has 0 nitrogen and oxygen atoms in total. The molecule has 0 N–H and O–H groups in total. The molecule has 0 aliphatic carbocycles. The van der Waals surface area contributed by atoms with E-state index in [4.69, 9.17) is 11.6 Å². The smallest absolute Gasteiger partial charge is 0.159 e. The molecule has 2 rings (SSSR count). The fraction of sp³-hybridized carbons (Fsp3) is 0.250. The molecule has 0 saturated carbocycles. The molecule has 2 aromatic rings. The molecule has 0 saturated heterocycles. The molecule has 3 heteroatoms. The molecule has 100 valence electrons. The van der Waals surface area contributed by atoms with Crippen molar-refractivity contribution in [3.05, 3.63) is 70.8 Å². The minimum absolute atomic E-state index is 0.467. The second-order valence-electron chi connectivity index (χ2n) is 4.53. The lowest BCUT2D eigenvalue weighted by atomic mass is 10.0. The van der Waals surface area contributed by atoms with Gasteiger partial charge in [-0.15, -0.1) is 11.6 Å². The average Bonchev–Trinajstić information content (AvgIpc) is 2.42. The van der Waals surface area contributed by atoms with Crippen molar-refractivity contribution >= 4 is 11.6 Å². The van der Waals surface area contributed by atoms with Crippen molar-refractivity contribution in [1.82, 2.24) is 0 Å². The predicted molar refractivity (Wildman–Crippen MR) is 74.5 cm³/mol. The summed E-state index contributed by atoms with van der Waals surface area (Å²) < 4.78 is 26.1. The van der Waals surface area contributed by atoms with Gasteiger partial charge in [-0.05, 0) is 35.2 Å². The van der Waals surface area contributed by atoms with Gasteiger partial charge in [0.25, 0.3) is 0 Å². The number of aryl methyl sites for hydroxylation is 1. The van der Waals surface area contributed by atoms with Gasteiger partial charge in [0.1, 0.15) is 0 Å². The number of alkyl halides is 1. The molecule has 0 spiro atoms. The molecule has 1 unspecified atom stereocenters. The first kappa shape index (κ1) is 14.0. The third-order valence-corrected chi connectivity index (χ3v) is 3.55. The van der Waals surface area contributed by atoms with Crippen molar-refractivity contribution in [2.24, 2.45) is 0 Å². The molecule has 0 aromatic heterocycles. The second kappa shape index (κ2) is 6.16. The monoisotopic (exact) mass is 280 g/mol. The third-order valence-electron chi connectivity index (χ3n) is 3.05. The van der Waals surface area contributed by atoms with E-state index in [1.54, 1.807) is 0 Å². The normalized spacial score (nSPS) is 12.4. The number of benzene rings is 2. The van der Waals surface area contributed by atoms with Crippen molar-refractivity contribution in [2.75, 3.05) is 0 Å². The summed E-state index contributed by atoms with van der Waals surface area (Å²) in [4.78, 5) is 0. The summed E-state index contributed by atoms with van der Waals surface area (Å²) in [7, 11) is 0. The molecule has 0 amide bonds. The highest BCUT2D eigenvalue weighted by molar-refractivity contribution is 6.22. The van der Waals surface area contributed by atoms with E-state index in [9.17, 15) is 8.78 Å². The van der Waals surface area contributed by atoms with Gasteiger partial charge < -0.3 is 0 Å². The fourth-order valence-corrected chi connectivity index (χ4v) is 2.29. The van der Waals surface area contributed by atoms with E-state index >= 15 is 0 Å². The summed E-state index contributed by atoms with van der Waals surface area (Å²) in [6.45, 7) is 2.12. The molecule has 0 aliphatic rings. The lowest BCUT2D eigenvalue weighted by Gasteiger charge is -2.11. The van der Waals surface area contributed by atoms with Gasteiger partial charge in [0.15, 0.2) is 11.6 Å². The van der Waals surface area contributed by atoms with E-state index in [0.717, 1.165) is 30.5 Å². The molecular weight excluding hydrogens is 266 g/mol. The van der Waals surface area contributed by atoms with Crippen LogP contribution in [-0.2, 0) is 6.42 Å². The van der Waals surface area contributed by atoms with Crippen molar-refractivity contribution in [3.63, 3.8) is 0 Å². The van der Waals surface area contributed by atoms with Crippen LogP contribution >= 0.6 is 11.6 Å². The molecule has 0 bridgehead atoms. The number of rotatable bonds is 4. The maximum Gasteiger partial charge on any atom is 0.159 e. The minimum atomic E-state index is -0.870. The van der Waals surface area contributed by atoms with Crippen LogP contribution in [0, 0.1) is 11.6 Å². The van der Waals surface area contributed by atoms with Crippen LogP contribution in [0.25, 0.3) is 0 Å². The van der Waals surface area contributed by atoms with Gasteiger partial charge >= 0.3 is 0 Å². The molecule has 0 heterocycles. The van der Waals surface area contributed by atoms with Gasteiger partial charge in [-0.25, -0.2) is 8.78 Å². The van der Waals surface area contributed by atoms with Crippen LogP contribution in [0.4, 0.5) is 8.78 Å². The van der Waals surface area contributed by atoms with Crippen molar-refractivity contribution in [3.8, 4) is 0 Å². The number of hydrogen-bond acceptors (Lipinski definition) is 0.